The maximum atomic E-state index is 6.23. The van der Waals surface area contributed by atoms with Crippen LogP contribution in [-0.4, -0.2) is 6.10 Å². The van der Waals surface area contributed by atoms with Crippen LogP contribution in [0.15, 0.2) is 22.7 Å². The van der Waals surface area contributed by atoms with Crippen molar-refractivity contribution in [3.05, 3.63) is 28.2 Å². The van der Waals surface area contributed by atoms with Crippen LogP contribution in [0.1, 0.15) is 31.2 Å². The summed E-state index contributed by atoms with van der Waals surface area (Å²) in [7, 11) is 0. The van der Waals surface area contributed by atoms with Crippen molar-refractivity contribution in [1.29, 1.82) is 0 Å². The minimum atomic E-state index is -0.117. The number of hydrogen-bond donors (Lipinski definition) is 1. The molecule has 0 saturated heterocycles. The van der Waals surface area contributed by atoms with Gasteiger partial charge in [-0.1, -0.05) is 15.9 Å². The van der Waals surface area contributed by atoms with Gasteiger partial charge in [-0.15, -0.1) is 0 Å². The number of halogens is 1. The van der Waals surface area contributed by atoms with E-state index >= 15 is 0 Å². The molecule has 2 aliphatic carbocycles. The Morgan fingerprint density at radius 3 is 2.67 bits per heavy atom. The first kappa shape index (κ1) is 9.67. The van der Waals surface area contributed by atoms with Crippen molar-refractivity contribution >= 4 is 15.9 Å². The van der Waals surface area contributed by atoms with Crippen LogP contribution in [0.5, 0.6) is 5.75 Å². The highest BCUT2D eigenvalue weighted by Crippen LogP contribution is 2.48. The summed E-state index contributed by atoms with van der Waals surface area (Å²) >= 11 is 3.49. The average molecular weight is 268 g/mol. The standard InChI is InChI=1S/C12H14BrNO/c13-8-1-4-11(15-9-2-3-9)10(7-8)12(14)5-6-12/h1,4,7,9H,2-3,5-6,14H2. The van der Waals surface area contributed by atoms with Gasteiger partial charge in [-0.25, -0.2) is 0 Å². The van der Waals surface area contributed by atoms with Crippen LogP contribution < -0.4 is 10.5 Å². The smallest absolute Gasteiger partial charge is 0.124 e. The molecule has 80 valence electrons. The maximum Gasteiger partial charge on any atom is 0.124 e. The predicted octanol–water partition coefficient (Wildman–Crippen LogP) is 2.94. The highest BCUT2D eigenvalue weighted by atomic mass is 79.9. The Hall–Kier alpha value is -0.540. The molecule has 0 aliphatic heterocycles. The molecule has 0 aromatic heterocycles. The number of rotatable bonds is 3. The van der Waals surface area contributed by atoms with E-state index < -0.39 is 0 Å². The largest absolute Gasteiger partial charge is 0.490 e. The summed E-state index contributed by atoms with van der Waals surface area (Å²) in [6.07, 6.45) is 4.96. The Labute approximate surface area is 97.9 Å². The molecule has 0 bridgehead atoms. The van der Waals surface area contributed by atoms with Gasteiger partial charge < -0.3 is 10.5 Å². The van der Waals surface area contributed by atoms with Crippen LogP contribution in [0.4, 0.5) is 0 Å². The minimum absolute atomic E-state index is 0.117. The van der Waals surface area contributed by atoms with Crippen LogP contribution in [-0.2, 0) is 5.54 Å². The molecule has 3 heteroatoms. The second kappa shape index (κ2) is 3.22. The Morgan fingerprint density at radius 1 is 1.33 bits per heavy atom. The van der Waals surface area contributed by atoms with Gasteiger partial charge in [-0.3, -0.25) is 0 Å². The first-order chi connectivity index (χ1) is 7.17. The van der Waals surface area contributed by atoms with E-state index in [-0.39, 0.29) is 5.54 Å². The average Bonchev–Trinajstić information content (AvgIpc) is 3.08. The number of benzene rings is 1. The molecular formula is C12H14BrNO. The fourth-order valence-electron chi connectivity index (χ4n) is 1.76. The molecular weight excluding hydrogens is 254 g/mol. The monoisotopic (exact) mass is 267 g/mol. The van der Waals surface area contributed by atoms with E-state index in [1.807, 2.05) is 12.1 Å². The van der Waals surface area contributed by atoms with Crippen molar-refractivity contribution in [3.8, 4) is 5.75 Å². The van der Waals surface area contributed by atoms with E-state index in [9.17, 15) is 0 Å². The van der Waals surface area contributed by atoms with Gasteiger partial charge in [0.15, 0.2) is 0 Å². The van der Waals surface area contributed by atoms with Gasteiger partial charge in [0.1, 0.15) is 5.75 Å². The molecule has 15 heavy (non-hydrogen) atoms. The molecule has 0 heterocycles. The van der Waals surface area contributed by atoms with E-state index in [0.717, 1.165) is 23.1 Å². The molecule has 2 aliphatic rings. The summed E-state index contributed by atoms with van der Waals surface area (Å²) in [5.41, 5.74) is 7.29. The summed E-state index contributed by atoms with van der Waals surface area (Å²) in [6, 6.07) is 6.16. The Kier molecular flexibility index (Phi) is 2.08. The second-order valence-corrected chi connectivity index (χ2v) is 5.53. The van der Waals surface area contributed by atoms with Gasteiger partial charge in [0, 0.05) is 15.6 Å². The van der Waals surface area contributed by atoms with Crippen LogP contribution >= 0.6 is 15.9 Å². The van der Waals surface area contributed by atoms with Gasteiger partial charge in [0.05, 0.1) is 6.10 Å². The minimum Gasteiger partial charge on any atom is -0.490 e. The summed E-state index contributed by atoms with van der Waals surface area (Å²) in [5.74, 6) is 0.987. The van der Waals surface area contributed by atoms with Crippen molar-refractivity contribution in [2.24, 2.45) is 5.73 Å². The van der Waals surface area contributed by atoms with Gasteiger partial charge in [0.2, 0.25) is 0 Å². The van der Waals surface area contributed by atoms with E-state index in [1.54, 1.807) is 0 Å². The van der Waals surface area contributed by atoms with Crippen molar-refractivity contribution in [1.82, 2.24) is 0 Å². The number of hydrogen-bond acceptors (Lipinski definition) is 2. The molecule has 2 saturated carbocycles. The molecule has 2 nitrogen and oxygen atoms in total. The lowest BCUT2D eigenvalue weighted by molar-refractivity contribution is 0.297. The number of nitrogens with two attached hydrogens (primary N) is 1. The zero-order valence-electron chi connectivity index (χ0n) is 8.50. The van der Waals surface area contributed by atoms with Crippen LogP contribution in [0.3, 0.4) is 0 Å². The molecule has 0 unspecified atom stereocenters. The SMILES string of the molecule is NC1(c2cc(Br)ccc2OC2CC2)CC1. The molecule has 0 atom stereocenters. The zero-order chi connectivity index (χ0) is 10.5. The van der Waals surface area contributed by atoms with Crippen molar-refractivity contribution < 1.29 is 4.74 Å². The highest BCUT2D eigenvalue weighted by Gasteiger charge is 2.43. The van der Waals surface area contributed by atoms with Crippen LogP contribution in [0.2, 0.25) is 0 Å². The lowest BCUT2D eigenvalue weighted by Crippen LogP contribution is -2.20. The van der Waals surface area contributed by atoms with Crippen LogP contribution in [0.25, 0.3) is 0 Å². The van der Waals surface area contributed by atoms with Gasteiger partial charge in [-0.2, -0.15) is 0 Å². The zero-order valence-corrected chi connectivity index (χ0v) is 10.1. The quantitative estimate of drug-likeness (QED) is 0.914. The molecule has 2 N–H and O–H groups in total. The van der Waals surface area contributed by atoms with Crippen molar-refractivity contribution in [2.75, 3.05) is 0 Å². The Morgan fingerprint density at radius 2 is 2.07 bits per heavy atom. The molecule has 3 rings (SSSR count). The Balaban J connectivity index is 1.96. The third kappa shape index (κ3) is 1.91. The first-order valence-corrected chi connectivity index (χ1v) is 6.22. The molecule has 2 fully saturated rings. The lowest BCUT2D eigenvalue weighted by Gasteiger charge is -2.16. The summed E-state index contributed by atoms with van der Waals surface area (Å²) in [5, 5.41) is 0. The third-order valence-corrected chi connectivity index (χ3v) is 3.58. The lowest BCUT2D eigenvalue weighted by atomic mass is 10.0. The second-order valence-electron chi connectivity index (χ2n) is 4.61. The molecule has 1 aromatic carbocycles. The third-order valence-electron chi connectivity index (χ3n) is 3.08. The first-order valence-electron chi connectivity index (χ1n) is 5.43. The van der Waals surface area contributed by atoms with Crippen molar-refractivity contribution in [3.63, 3.8) is 0 Å². The highest BCUT2D eigenvalue weighted by molar-refractivity contribution is 9.10. The predicted molar refractivity (Wildman–Crippen MR) is 62.9 cm³/mol. The Bertz CT molecular complexity index is 397. The molecule has 0 amide bonds. The summed E-state index contributed by atoms with van der Waals surface area (Å²) in [4.78, 5) is 0. The van der Waals surface area contributed by atoms with Crippen LogP contribution in [0, 0.1) is 0 Å². The normalized spacial score (nSPS) is 22.5. The van der Waals surface area contributed by atoms with E-state index in [2.05, 4.69) is 22.0 Å². The molecule has 0 radical (unpaired) electrons. The van der Waals surface area contributed by atoms with E-state index in [4.69, 9.17) is 10.5 Å². The maximum absolute atomic E-state index is 6.23. The van der Waals surface area contributed by atoms with E-state index in [0.29, 0.717) is 6.10 Å². The summed E-state index contributed by atoms with van der Waals surface area (Å²) < 4.78 is 6.96. The topological polar surface area (TPSA) is 35.2 Å². The van der Waals surface area contributed by atoms with Gasteiger partial charge in [-0.05, 0) is 43.9 Å². The van der Waals surface area contributed by atoms with Gasteiger partial charge >= 0.3 is 0 Å². The molecule has 0 spiro atoms. The summed E-state index contributed by atoms with van der Waals surface area (Å²) in [6.45, 7) is 0. The number of ether oxygens (including phenoxy) is 1. The van der Waals surface area contributed by atoms with Gasteiger partial charge in [0.25, 0.3) is 0 Å². The van der Waals surface area contributed by atoms with E-state index in [1.165, 1.54) is 18.4 Å². The van der Waals surface area contributed by atoms with Crippen molar-refractivity contribution in [2.45, 2.75) is 37.3 Å². The fourth-order valence-corrected chi connectivity index (χ4v) is 2.12. The molecule has 1 aromatic rings. The fraction of sp³-hybridized carbons (Fsp3) is 0.500.